The van der Waals surface area contributed by atoms with Crippen LogP contribution in [0, 0.1) is 0 Å². The molecule has 0 bridgehead atoms. The van der Waals surface area contributed by atoms with E-state index in [0.29, 0.717) is 0 Å². The van der Waals surface area contributed by atoms with E-state index >= 15 is 0 Å². The van der Waals surface area contributed by atoms with E-state index in [1.807, 2.05) is 4.72 Å². The van der Waals surface area contributed by atoms with E-state index in [9.17, 15) is 13.2 Å². The number of nitrogens with two attached hydrogens (primary N) is 1. The molecule has 7 heteroatoms. The predicted molar refractivity (Wildman–Crippen MR) is 52.1 cm³/mol. The summed E-state index contributed by atoms with van der Waals surface area (Å²) in [5.74, 6) is -0.719. The van der Waals surface area contributed by atoms with E-state index in [1.165, 1.54) is 14.0 Å². The van der Waals surface area contributed by atoms with Gasteiger partial charge in [-0.05, 0) is 6.92 Å². The zero-order chi connectivity index (χ0) is 11.2. The first-order valence-electron chi connectivity index (χ1n) is 4.21. The van der Waals surface area contributed by atoms with Crippen LogP contribution < -0.4 is 10.5 Å². The summed E-state index contributed by atoms with van der Waals surface area (Å²) >= 11 is 0. The van der Waals surface area contributed by atoms with Crippen molar-refractivity contribution in [2.45, 2.75) is 19.4 Å². The highest BCUT2D eigenvalue weighted by atomic mass is 32.2. The Hall–Kier alpha value is -0.660. The van der Waals surface area contributed by atoms with Gasteiger partial charge in [-0.15, -0.1) is 0 Å². The lowest BCUT2D eigenvalue weighted by Crippen LogP contribution is -2.36. The summed E-state index contributed by atoms with van der Waals surface area (Å²) in [6.07, 6.45) is -0.492. The van der Waals surface area contributed by atoms with Crippen LogP contribution in [0.15, 0.2) is 0 Å². The molecular weight excluding hydrogens is 208 g/mol. The number of ether oxygens (including phenoxy) is 1. The number of carbonyl (C=O) groups is 1. The van der Waals surface area contributed by atoms with Gasteiger partial charge in [-0.25, -0.2) is 8.42 Å². The van der Waals surface area contributed by atoms with Crippen LogP contribution in [-0.4, -0.2) is 39.8 Å². The minimum absolute atomic E-state index is 0.0494. The van der Waals surface area contributed by atoms with Gasteiger partial charge in [-0.1, -0.05) is 0 Å². The summed E-state index contributed by atoms with van der Waals surface area (Å²) in [6.45, 7) is 1.63. The summed E-state index contributed by atoms with van der Waals surface area (Å²) < 4.78 is 28.7. The van der Waals surface area contributed by atoms with Crippen molar-refractivity contribution in [3.8, 4) is 0 Å². The molecule has 0 saturated heterocycles. The highest BCUT2D eigenvalue weighted by molar-refractivity contribution is 7.90. The molecule has 0 aromatic carbocycles. The molecule has 0 aliphatic heterocycles. The smallest absolute Gasteiger partial charge is 0.236 e. The molecular formula is C7H16N2O4S. The number of carbonyl (C=O) groups excluding carboxylic acids is 1. The fraction of sp³-hybridized carbons (Fsp3) is 0.857. The van der Waals surface area contributed by atoms with Gasteiger partial charge in [0.25, 0.3) is 0 Å². The number of methoxy groups -OCH3 is 1. The maximum atomic E-state index is 11.1. The fourth-order valence-electron chi connectivity index (χ4n) is 0.757. The first-order chi connectivity index (χ1) is 6.45. The Balaban J connectivity index is 4.11. The Morgan fingerprint density at radius 3 is 2.50 bits per heavy atom. The van der Waals surface area contributed by atoms with Crippen molar-refractivity contribution in [2.24, 2.45) is 5.73 Å². The third-order valence-electron chi connectivity index (χ3n) is 1.66. The molecule has 0 aromatic rings. The number of rotatable bonds is 6. The van der Waals surface area contributed by atoms with Crippen LogP contribution in [0.1, 0.15) is 13.3 Å². The second kappa shape index (κ2) is 5.94. The number of hydrogen-bond acceptors (Lipinski definition) is 5. The number of sulfonamides is 1. The van der Waals surface area contributed by atoms with Crippen LogP contribution in [-0.2, 0) is 19.6 Å². The molecule has 84 valence electrons. The number of nitrogens with one attached hydrogen (secondary N) is 1. The maximum absolute atomic E-state index is 11.1. The van der Waals surface area contributed by atoms with Crippen LogP contribution >= 0.6 is 0 Å². The Morgan fingerprint density at radius 2 is 2.14 bits per heavy atom. The van der Waals surface area contributed by atoms with Gasteiger partial charge in [0.05, 0.1) is 18.3 Å². The molecule has 0 rings (SSSR count). The average molecular weight is 224 g/mol. The molecule has 0 aromatic heterocycles. The lowest BCUT2D eigenvalue weighted by atomic mass is 10.2. The molecule has 1 unspecified atom stereocenters. The van der Waals surface area contributed by atoms with Crippen molar-refractivity contribution in [1.29, 1.82) is 0 Å². The fourth-order valence-corrected chi connectivity index (χ4v) is 1.33. The van der Waals surface area contributed by atoms with Crippen LogP contribution in [0.4, 0.5) is 0 Å². The molecule has 6 nitrogen and oxygen atoms in total. The Bertz CT molecular complexity index is 271. The van der Waals surface area contributed by atoms with E-state index in [-0.39, 0.29) is 18.7 Å². The van der Waals surface area contributed by atoms with Gasteiger partial charge in [-0.2, -0.15) is 0 Å². The monoisotopic (exact) mass is 224 g/mol. The molecule has 0 aliphatic carbocycles. The second-order valence-electron chi connectivity index (χ2n) is 2.73. The van der Waals surface area contributed by atoms with Crippen LogP contribution in [0.25, 0.3) is 0 Å². The lowest BCUT2D eigenvalue weighted by molar-refractivity contribution is -0.121. The van der Waals surface area contributed by atoms with Crippen molar-refractivity contribution >= 4 is 15.9 Å². The molecule has 1 amide bonds. The Morgan fingerprint density at radius 1 is 1.57 bits per heavy atom. The highest BCUT2D eigenvalue weighted by Crippen LogP contribution is 1.95. The van der Waals surface area contributed by atoms with Crippen molar-refractivity contribution in [1.82, 2.24) is 4.72 Å². The third kappa shape index (κ3) is 5.15. The van der Waals surface area contributed by atoms with E-state index in [2.05, 4.69) is 0 Å². The molecule has 0 saturated carbocycles. The molecule has 0 spiro atoms. The van der Waals surface area contributed by atoms with Gasteiger partial charge in [-0.3, -0.25) is 9.52 Å². The van der Waals surface area contributed by atoms with Crippen LogP contribution in [0.3, 0.4) is 0 Å². The van der Waals surface area contributed by atoms with Gasteiger partial charge >= 0.3 is 0 Å². The summed E-state index contributed by atoms with van der Waals surface area (Å²) in [5.41, 5.74) is 5.27. The van der Waals surface area contributed by atoms with E-state index in [4.69, 9.17) is 10.5 Å². The second-order valence-corrected chi connectivity index (χ2v) is 4.74. The largest absolute Gasteiger partial charge is 0.380 e. The Kier molecular flexibility index (Phi) is 5.66. The number of amides is 1. The zero-order valence-corrected chi connectivity index (χ0v) is 9.13. The summed E-state index contributed by atoms with van der Waals surface area (Å²) in [6, 6.07) is 0. The van der Waals surface area contributed by atoms with E-state index in [0.717, 1.165) is 0 Å². The first-order valence-corrected chi connectivity index (χ1v) is 5.86. The van der Waals surface area contributed by atoms with Crippen LogP contribution in [0.2, 0.25) is 0 Å². The summed E-state index contributed by atoms with van der Waals surface area (Å²) in [4.78, 5) is 11.1. The van der Waals surface area contributed by atoms with Crippen molar-refractivity contribution in [3.63, 3.8) is 0 Å². The van der Waals surface area contributed by atoms with Crippen molar-refractivity contribution in [2.75, 3.05) is 19.4 Å². The molecule has 0 radical (unpaired) electrons. The molecule has 0 fully saturated rings. The minimum atomic E-state index is -3.48. The predicted octanol–water partition coefficient (Wildman–Crippen LogP) is -1.18. The van der Waals surface area contributed by atoms with E-state index in [1.54, 1.807) is 0 Å². The molecule has 14 heavy (non-hydrogen) atoms. The lowest BCUT2D eigenvalue weighted by Gasteiger charge is -2.12. The van der Waals surface area contributed by atoms with Gasteiger partial charge in [0.15, 0.2) is 0 Å². The SMILES string of the molecule is CCS(=O)(=O)NC(=O)CC(CN)OC. The molecule has 0 aliphatic rings. The van der Waals surface area contributed by atoms with Gasteiger partial charge in [0.2, 0.25) is 15.9 Å². The first kappa shape index (κ1) is 13.3. The Labute approximate surface area is 83.9 Å². The van der Waals surface area contributed by atoms with Crippen molar-refractivity contribution in [3.05, 3.63) is 0 Å². The van der Waals surface area contributed by atoms with Crippen molar-refractivity contribution < 1.29 is 17.9 Å². The normalized spacial score (nSPS) is 13.6. The maximum Gasteiger partial charge on any atom is 0.236 e. The quantitative estimate of drug-likeness (QED) is 0.591. The van der Waals surface area contributed by atoms with Gasteiger partial charge in [0, 0.05) is 13.7 Å². The standard InChI is InChI=1S/C7H16N2O4S/c1-3-14(11,12)9-7(10)4-6(5-8)13-2/h6H,3-5,8H2,1-2H3,(H,9,10). The summed E-state index contributed by atoms with van der Waals surface area (Å²) in [5, 5.41) is 0. The van der Waals surface area contributed by atoms with Gasteiger partial charge in [0.1, 0.15) is 0 Å². The molecule has 1 atom stereocenters. The molecule has 3 N–H and O–H groups in total. The highest BCUT2D eigenvalue weighted by Gasteiger charge is 2.16. The van der Waals surface area contributed by atoms with Crippen LogP contribution in [0.5, 0.6) is 0 Å². The average Bonchev–Trinajstić information content (AvgIpc) is 2.13. The minimum Gasteiger partial charge on any atom is -0.380 e. The van der Waals surface area contributed by atoms with Gasteiger partial charge < -0.3 is 10.5 Å². The van der Waals surface area contributed by atoms with E-state index < -0.39 is 22.0 Å². The summed E-state index contributed by atoms with van der Waals surface area (Å²) in [7, 11) is -2.06. The topological polar surface area (TPSA) is 98.5 Å². The zero-order valence-electron chi connectivity index (χ0n) is 8.32. The number of hydrogen-bond donors (Lipinski definition) is 2. The molecule has 0 heterocycles. The third-order valence-corrected chi connectivity index (χ3v) is 2.96.